The molecule has 0 radical (unpaired) electrons. The van der Waals surface area contributed by atoms with Crippen LogP contribution in [0.3, 0.4) is 0 Å². The first-order valence-electron chi connectivity index (χ1n) is 5.82. The molecule has 1 heterocycles. The average molecular weight is 225 g/mol. The summed E-state index contributed by atoms with van der Waals surface area (Å²) < 4.78 is 1.66. The van der Waals surface area contributed by atoms with Crippen molar-refractivity contribution in [1.29, 1.82) is 0 Å². The maximum Gasteiger partial charge on any atom is 0.0852 e. The van der Waals surface area contributed by atoms with Crippen LogP contribution in [0.5, 0.6) is 0 Å². The van der Waals surface area contributed by atoms with Crippen molar-refractivity contribution in [3.8, 4) is 0 Å². The molecule has 4 nitrogen and oxygen atoms in total. The second-order valence-corrected chi connectivity index (χ2v) is 5.74. The molecule has 4 heteroatoms. The Morgan fingerprint density at radius 2 is 2.06 bits per heavy atom. The van der Waals surface area contributed by atoms with Crippen molar-refractivity contribution in [2.45, 2.75) is 46.6 Å². The van der Waals surface area contributed by atoms with Crippen molar-refractivity contribution in [3.05, 3.63) is 11.9 Å². The van der Waals surface area contributed by atoms with Gasteiger partial charge in [0.1, 0.15) is 0 Å². The maximum absolute atomic E-state index is 9.97. The largest absolute Gasteiger partial charge is 0.393 e. The molecule has 92 valence electrons. The molecule has 1 rings (SSSR count). The molecule has 0 bridgehead atoms. The Labute approximate surface area is 97.7 Å². The van der Waals surface area contributed by atoms with Crippen LogP contribution in [0.15, 0.2) is 6.20 Å². The van der Waals surface area contributed by atoms with E-state index in [-0.39, 0.29) is 11.5 Å². The molecule has 2 atom stereocenters. The van der Waals surface area contributed by atoms with Crippen LogP contribution in [0, 0.1) is 11.3 Å². The Hall–Kier alpha value is -0.900. The number of nitrogens with zero attached hydrogens (tertiary/aromatic N) is 3. The number of rotatable bonds is 4. The standard InChI is InChI=1S/C12H23N3O/c1-9(12(2,3)4)6-11(16)7-10-8-15(5)14-13-10/h8-9,11,16H,6-7H2,1-5H3. The minimum atomic E-state index is -0.328. The van der Waals surface area contributed by atoms with Crippen molar-refractivity contribution in [1.82, 2.24) is 15.0 Å². The summed E-state index contributed by atoms with van der Waals surface area (Å²) in [7, 11) is 1.83. The topological polar surface area (TPSA) is 50.9 Å². The van der Waals surface area contributed by atoms with Crippen LogP contribution >= 0.6 is 0 Å². The fourth-order valence-corrected chi connectivity index (χ4v) is 1.58. The van der Waals surface area contributed by atoms with Crippen molar-refractivity contribution in [2.75, 3.05) is 0 Å². The van der Waals surface area contributed by atoms with Gasteiger partial charge in [0.15, 0.2) is 0 Å². The van der Waals surface area contributed by atoms with Crippen LogP contribution in [0.4, 0.5) is 0 Å². The van der Waals surface area contributed by atoms with Crippen LogP contribution < -0.4 is 0 Å². The highest BCUT2D eigenvalue weighted by atomic mass is 16.3. The van der Waals surface area contributed by atoms with Gasteiger partial charge in [-0.25, -0.2) is 0 Å². The van der Waals surface area contributed by atoms with Gasteiger partial charge in [-0.05, 0) is 17.8 Å². The van der Waals surface area contributed by atoms with Crippen molar-refractivity contribution < 1.29 is 5.11 Å². The molecule has 0 saturated heterocycles. The van der Waals surface area contributed by atoms with E-state index in [0.29, 0.717) is 12.3 Å². The van der Waals surface area contributed by atoms with E-state index in [0.717, 1.165) is 12.1 Å². The van der Waals surface area contributed by atoms with Gasteiger partial charge < -0.3 is 5.11 Å². The highest BCUT2D eigenvalue weighted by Gasteiger charge is 2.23. The van der Waals surface area contributed by atoms with E-state index in [1.807, 2.05) is 13.2 Å². The first kappa shape index (κ1) is 13.2. The number of hydrogen-bond acceptors (Lipinski definition) is 3. The molecule has 2 unspecified atom stereocenters. The molecule has 0 aliphatic carbocycles. The zero-order chi connectivity index (χ0) is 12.3. The van der Waals surface area contributed by atoms with E-state index in [1.165, 1.54) is 0 Å². The molecule has 1 N–H and O–H groups in total. The van der Waals surface area contributed by atoms with Crippen molar-refractivity contribution >= 4 is 0 Å². The second-order valence-electron chi connectivity index (χ2n) is 5.74. The minimum Gasteiger partial charge on any atom is -0.393 e. The average Bonchev–Trinajstić information content (AvgIpc) is 2.49. The molecule has 16 heavy (non-hydrogen) atoms. The molecule has 0 aromatic carbocycles. The maximum atomic E-state index is 9.97. The summed E-state index contributed by atoms with van der Waals surface area (Å²) in [5, 5.41) is 17.8. The van der Waals surface area contributed by atoms with E-state index in [4.69, 9.17) is 0 Å². The molecule has 0 spiro atoms. The number of aryl methyl sites for hydroxylation is 1. The number of hydrogen-bond donors (Lipinski definition) is 1. The van der Waals surface area contributed by atoms with Crippen LogP contribution in [-0.4, -0.2) is 26.2 Å². The smallest absolute Gasteiger partial charge is 0.0852 e. The first-order chi connectivity index (χ1) is 7.29. The molecule has 0 amide bonds. The summed E-state index contributed by atoms with van der Waals surface area (Å²) in [6, 6.07) is 0. The minimum absolute atomic E-state index is 0.239. The number of aromatic nitrogens is 3. The zero-order valence-electron chi connectivity index (χ0n) is 10.9. The first-order valence-corrected chi connectivity index (χ1v) is 5.82. The lowest BCUT2D eigenvalue weighted by Crippen LogP contribution is -2.24. The van der Waals surface area contributed by atoms with Gasteiger partial charge in [-0.15, -0.1) is 5.10 Å². The normalized spacial score (nSPS) is 16.1. The van der Waals surface area contributed by atoms with Gasteiger partial charge in [0.05, 0.1) is 11.8 Å². The van der Waals surface area contributed by atoms with Crippen LogP contribution in [0.25, 0.3) is 0 Å². The lowest BCUT2D eigenvalue weighted by atomic mass is 9.78. The molecule has 0 saturated carbocycles. The van der Waals surface area contributed by atoms with Crippen molar-refractivity contribution in [2.24, 2.45) is 18.4 Å². The molecule has 0 fully saturated rings. The third kappa shape index (κ3) is 3.93. The predicted molar refractivity (Wildman–Crippen MR) is 63.9 cm³/mol. The fourth-order valence-electron chi connectivity index (χ4n) is 1.58. The SMILES string of the molecule is CC(CC(O)Cc1cn(C)nn1)C(C)(C)C. The molecule has 0 aliphatic rings. The lowest BCUT2D eigenvalue weighted by Gasteiger charge is -2.28. The lowest BCUT2D eigenvalue weighted by molar-refractivity contribution is 0.109. The van der Waals surface area contributed by atoms with Gasteiger partial charge in [0, 0.05) is 19.7 Å². The Kier molecular flexibility index (Phi) is 4.08. The van der Waals surface area contributed by atoms with Crippen LogP contribution in [-0.2, 0) is 13.5 Å². The monoisotopic (exact) mass is 225 g/mol. The molecular weight excluding hydrogens is 202 g/mol. The van der Waals surface area contributed by atoms with E-state index in [1.54, 1.807) is 4.68 Å². The number of aliphatic hydroxyl groups is 1. The summed E-state index contributed by atoms with van der Waals surface area (Å²) in [4.78, 5) is 0. The third-order valence-electron chi connectivity index (χ3n) is 3.20. The summed E-state index contributed by atoms with van der Waals surface area (Å²) in [6.45, 7) is 8.78. The van der Waals surface area contributed by atoms with Gasteiger partial charge in [-0.3, -0.25) is 4.68 Å². The fraction of sp³-hybridized carbons (Fsp3) is 0.833. The quantitative estimate of drug-likeness (QED) is 0.850. The number of aliphatic hydroxyl groups excluding tert-OH is 1. The van der Waals surface area contributed by atoms with E-state index in [2.05, 4.69) is 38.0 Å². The molecule has 1 aromatic rings. The molecule has 1 aromatic heterocycles. The van der Waals surface area contributed by atoms with Gasteiger partial charge in [-0.2, -0.15) is 0 Å². The van der Waals surface area contributed by atoms with Crippen LogP contribution in [0.1, 0.15) is 39.8 Å². The summed E-state index contributed by atoms with van der Waals surface area (Å²) >= 11 is 0. The predicted octanol–water partition coefficient (Wildman–Crippen LogP) is 1.79. The Balaban J connectivity index is 2.45. The van der Waals surface area contributed by atoms with E-state index in [9.17, 15) is 5.11 Å². The van der Waals surface area contributed by atoms with Gasteiger partial charge >= 0.3 is 0 Å². The van der Waals surface area contributed by atoms with Gasteiger partial charge in [0.25, 0.3) is 0 Å². The summed E-state index contributed by atoms with van der Waals surface area (Å²) in [5.74, 6) is 0.485. The Morgan fingerprint density at radius 1 is 1.44 bits per heavy atom. The van der Waals surface area contributed by atoms with Gasteiger partial charge in [-0.1, -0.05) is 32.9 Å². The Bertz CT molecular complexity index is 327. The zero-order valence-corrected chi connectivity index (χ0v) is 10.9. The highest BCUT2D eigenvalue weighted by molar-refractivity contribution is 4.94. The van der Waals surface area contributed by atoms with Crippen LogP contribution in [0.2, 0.25) is 0 Å². The second kappa shape index (κ2) is 4.95. The van der Waals surface area contributed by atoms with Crippen molar-refractivity contribution in [3.63, 3.8) is 0 Å². The van der Waals surface area contributed by atoms with E-state index < -0.39 is 0 Å². The highest BCUT2D eigenvalue weighted by Crippen LogP contribution is 2.29. The molecule has 0 aliphatic heterocycles. The molecular formula is C12H23N3O. The van der Waals surface area contributed by atoms with E-state index >= 15 is 0 Å². The van der Waals surface area contributed by atoms with Gasteiger partial charge in [0.2, 0.25) is 0 Å². The Morgan fingerprint density at radius 3 is 2.50 bits per heavy atom. The summed E-state index contributed by atoms with van der Waals surface area (Å²) in [5.41, 5.74) is 1.10. The third-order valence-corrected chi connectivity index (χ3v) is 3.20. The summed E-state index contributed by atoms with van der Waals surface area (Å²) in [6.07, 6.45) is 2.92.